The fraction of sp³-hybridized carbons (Fsp3) is 0.207. The van der Waals surface area contributed by atoms with E-state index in [2.05, 4.69) is 4.90 Å². The summed E-state index contributed by atoms with van der Waals surface area (Å²) < 4.78 is 26.3. The van der Waals surface area contributed by atoms with Crippen molar-refractivity contribution in [1.82, 2.24) is 14.7 Å². The van der Waals surface area contributed by atoms with E-state index >= 15 is 0 Å². The van der Waals surface area contributed by atoms with Gasteiger partial charge in [-0.2, -0.15) is 0 Å². The highest BCUT2D eigenvalue weighted by Crippen LogP contribution is 2.33. The highest BCUT2D eigenvalue weighted by Gasteiger charge is 2.35. The van der Waals surface area contributed by atoms with Gasteiger partial charge in [0.05, 0.1) is 11.4 Å². The predicted molar refractivity (Wildman–Crippen MR) is 142 cm³/mol. The van der Waals surface area contributed by atoms with Crippen LogP contribution < -0.4 is 0 Å². The molecule has 6 nitrogen and oxygen atoms in total. The maximum atomic E-state index is 13.1. The van der Waals surface area contributed by atoms with Crippen molar-refractivity contribution in [2.45, 2.75) is 13.1 Å². The largest absolute Gasteiger partial charge is 0.336 e. The van der Waals surface area contributed by atoms with E-state index in [1.54, 1.807) is 54.6 Å². The van der Waals surface area contributed by atoms with Crippen molar-refractivity contribution >= 4 is 34.9 Å². The summed E-state index contributed by atoms with van der Waals surface area (Å²) in [5, 5.41) is -0.379. The number of carbonyl (C=O) groups excluding carboxylic acids is 3. The Hall–Kier alpha value is -3.82. The first-order chi connectivity index (χ1) is 18.4. The van der Waals surface area contributed by atoms with Crippen molar-refractivity contribution in [3.63, 3.8) is 0 Å². The number of piperazine rings is 1. The highest BCUT2D eigenvalue weighted by atomic mass is 32.2. The predicted octanol–water partition coefficient (Wildman–Crippen LogP) is 5.16. The van der Waals surface area contributed by atoms with E-state index in [0.717, 1.165) is 35.3 Å². The first-order valence-electron chi connectivity index (χ1n) is 12.2. The van der Waals surface area contributed by atoms with Gasteiger partial charge in [-0.1, -0.05) is 36.4 Å². The van der Waals surface area contributed by atoms with Crippen LogP contribution >= 0.6 is 11.8 Å². The van der Waals surface area contributed by atoms with Crippen LogP contribution in [-0.4, -0.2) is 57.9 Å². The molecule has 2 heterocycles. The number of halogens is 2. The molecule has 0 saturated carbocycles. The van der Waals surface area contributed by atoms with E-state index in [9.17, 15) is 23.2 Å². The molecule has 2 aliphatic heterocycles. The second kappa shape index (κ2) is 11.3. The summed E-state index contributed by atoms with van der Waals surface area (Å²) in [6, 6.07) is 19.1. The third kappa shape index (κ3) is 6.00. The van der Waals surface area contributed by atoms with Crippen LogP contribution in [-0.2, 0) is 17.9 Å². The topological polar surface area (TPSA) is 60.9 Å². The molecule has 0 radical (unpaired) electrons. The molecule has 194 valence electrons. The molecule has 0 unspecified atom stereocenters. The first kappa shape index (κ1) is 25.8. The lowest BCUT2D eigenvalue weighted by atomic mass is 10.1. The zero-order valence-corrected chi connectivity index (χ0v) is 21.3. The van der Waals surface area contributed by atoms with Gasteiger partial charge >= 0.3 is 0 Å². The van der Waals surface area contributed by atoms with E-state index in [4.69, 9.17) is 0 Å². The van der Waals surface area contributed by atoms with Crippen LogP contribution in [0.3, 0.4) is 0 Å². The number of amides is 3. The molecule has 0 N–H and O–H groups in total. The number of benzene rings is 3. The standard InChI is InChI=1S/C29H25F2N3O3S/c30-24-9-3-21(4-10-24)18-32-13-15-33(16-14-32)27(35)23-7-1-20(2-8-23)17-26-28(36)34(29(37)38-26)19-22-5-11-25(31)12-6-22/h1-12,17H,13-16,18-19H2/b26-17-. The fourth-order valence-corrected chi connectivity index (χ4v) is 5.26. The molecule has 5 rings (SSSR count). The summed E-state index contributed by atoms with van der Waals surface area (Å²) in [4.78, 5) is 43.7. The lowest BCUT2D eigenvalue weighted by Crippen LogP contribution is -2.48. The van der Waals surface area contributed by atoms with Gasteiger partial charge in [-0.25, -0.2) is 8.78 Å². The summed E-state index contributed by atoms with van der Waals surface area (Å²) in [7, 11) is 0. The third-order valence-corrected chi connectivity index (χ3v) is 7.47. The smallest absolute Gasteiger partial charge is 0.293 e. The van der Waals surface area contributed by atoms with Crippen LogP contribution in [0.4, 0.5) is 13.6 Å². The number of thioether (sulfide) groups is 1. The fourth-order valence-electron chi connectivity index (χ4n) is 4.42. The van der Waals surface area contributed by atoms with Crippen molar-refractivity contribution in [2.24, 2.45) is 0 Å². The maximum absolute atomic E-state index is 13.1. The van der Waals surface area contributed by atoms with Crippen molar-refractivity contribution in [3.8, 4) is 0 Å². The minimum atomic E-state index is -0.400. The quantitative estimate of drug-likeness (QED) is 0.410. The van der Waals surface area contributed by atoms with Gasteiger partial charge in [0, 0.05) is 38.3 Å². The van der Waals surface area contributed by atoms with E-state index in [1.807, 2.05) is 4.90 Å². The number of imide groups is 1. The number of carbonyl (C=O) groups is 3. The SMILES string of the molecule is O=C(c1ccc(/C=C2\SC(=O)N(Cc3ccc(F)cc3)C2=O)cc1)N1CCN(Cc2ccc(F)cc2)CC1. The average Bonchev–Trinajstić information content (AvgIpc) is 3.19. The van der Waals surface area contributed by atoms with Crippen molar-refractivity contribution in [1.29, 1.82) is 0 Å². The van der Waals surface area contributed by atoms with Crippen LogP contribution in [0.15, 0.2) is 77.7 Å². The minimum absolute atomic E-state index is 0.0578. The molecule has 0 aliphatic carbocycles. The van der Waals surface area contributed by atoms with Crippen molar-refractivity contribution in [3.05, 3.63) is 112 Å². The van der Waals surface area contributed by atoms with E-state index in [1.165, 1.54) is 24.3 Å². The van der Waals surface area contributed by atoms with Gasteiger partial charge in [0.1, 0.15) is 11.6 Å². The molecule has 9 heteroatoms. The summed E-state index contributed by atoms with van der Waals surface area (Å²) in [5.41, 5.74) is 2.96. The zero-order valence-electron chi connectivity index (χ0n) is 20.5. The minimum Gasteiger partial charge on any atom is -0.336 e. The molecular formula is C29H25F2N3O3S. The Morgan fingerprint density at radius 2 is 1.32 bits per heavy atom. The van der Waals surface area contributed by atoms with Crippen molar-refractivity contribution < 1.29 is 23.2 Å². The summed E-state index contributed by atoms with van der Waals surface area (Å²) in [6.45, 7) is 3.45. The second-order valence-electron chi connectivity index (χ2n) is 9.21. The lowest BCUT2D eigenvalue weighted by molar-refractivity contribution is -0.123. The number of nitrogens with zero attached hydrogens (tertiary/aromatic N) is 3. The second-order valence-corrected chi connectivity index (χ2v) is 10.2. The molecule has 3 amide bonds. The molecule has 38 heavy (non-hydrogen) atoms. The Morgan fingerprint density at radius 1 is 0.763 bits per heavy atom. The Morgan fingerprint density at radius 3 is 1.89 bits per heavy atom. The van der Waals surface area contributed by atoms with E-state index in [0.29, 0.717) is 41.2 Å². The summed E-state index contributed by atoms with van der Waals surface area (Å²) in [6.07, 6.45) is 1.64. The molecule has 0 spiro atoms. The van der Waals surface area contributed by atoms with Gasteiger partial charge in [0.25, 0.3) is 17.1 Å². The Bertz CT molecular complexity index is 1370. The average molecular weight is 534 g/mol. The summed E-state index contributed by atoms with van der Waals surface area (Å²) in [5.74, 6) is -1.09. The van der Waals surface area contributed by atoms with Crippen LogP contribution in [0.5, 0.6) is 0 Å². The lowest BCUT2D eigenvalue weighted by Gasteiger charge is -2.34. The number of hydrogen-bond acceptors (Lipinski definition) is 5. The normalized spacial score (nSPS) is 17.5. The maximum Gasteiger partial charge on any atom is 0.293 e. The number of rotatable bonds is 6. The molecule has 2 saturated heterocycles. The summed E-state index contributed by atoms with van der Waals surface area (Å²) >= 11 is 0.860. The molecule has 0 aromatic heterocycles. The van der Waals surface area contributed by atoms with Crippen LogP contribution in [0, 0.1) is 11.6 Å². The molecular weight excluding hydrogens is 508 g/mol. The van der Waals surface area contributed by atoms with E-state index < -0.39 is 5.91 Å². The van der Waals surface area contributed by atoms with Crippen LogP contribution in [0.25, 0.3) is 6.08 Å². The van der Waals surface area contributed by atoms with Gasteiger partial charge < -0.3 is 4.90 Å². The van der Waals surface area contributed by atoms with E-state index in [-0.39, 0.29) is 29.3 Å². The Balaban J connectivity index is 1.17. The van der Waals surface area contributed by atoms with Crippen LogP contribution in [0.2, 0.25) is 0 Å². The van der Waals surface area contributed by atoms with Crippen molar-refractivity contribution in [2.75, 3.05) is 26.2 Å². The first-order valence-corrected chi connectivity index (χ1v) is 13.0. The van der Waals surface area contributed by atoms with Gasteiger partial charge in [-0.3, -0.25) is 24.2 Å². The molecule has 0 atom stereocenters. The monoisotopic (exact) mass is 533 g/mol. The Kier molecular flexibility index (Phi) is 7.67. The molecule has 3 aromatic rings. The van der Waals surface area contributed by atoms with Gasteiger partial charge in [-0.15, -0.1) is 0 Å². The molecule has 0 bridgehead atoms. The molecule has 3 aromatic carbocycles. The van der Waals surface area contributed by atoms with Gasteiger partial charge in [-0.05, 0) is 70.9 Å². The Labute approximate surface area is 223 Å². The van der Waals surface area contributed by atoms with Gasteiger partial charge in [0.2, 0.25) is 0 Å². The third-order valence-electron chi connectivity index (χ3n) is 6.56. The number of hydrogen-bond donors (Lipinski definition) is 0. The van der Waals surface area contributed by atoms with Crippen LogP contribution in [0.1, 0.15) is 27.0 Å². The van der Waals surface area contributed by atoms with Gasteiger partial charge in [0.15, 0.2) is 0 Å². The molecule has 2 fully saturated rings. The molecule has 2 aliphatic rings. The highest BCUT2D eigenvalue weighted by molar-refractivity contribution is 8.18. The zero-order chi connectivity index (χ0) is 26.6.